The first-order valence-electron chi connectivity index (χ1n) is 6.73. The Kier molecular flexibility index (Phi) is 4.60. The first-order chi connectivity index (χ1) is 9.45. The van der Waals surface area contributed by atoms with Crippen molar-refractivity contribution in [3.63, 3.8) is 0 Å². The molecule has 0 aliphatic heterocycles. The molecule has 0 amide bonds. The van der Waals surface area contributed by atoms with Crippen molar-refractivity contribution in [3.05, 3.63) is 23.2 Å². The maximum atomic E-state index is 11.5. The van der Waals surface area contributed by atoms with Gasteiger partial charge in [-0.2, -0.15) is 0 Å². The third kappa shape index (κ3) is 3.10. The molecule has 110 valence electrons. The fourth-order valence-corrected chi connectivity index (χ4v) is 2.91. The van der Waals surface area contributed by atoms with Gasteiger partial charge in [0.25, 0.3) is 0 Å². The van der Waals surface area contributed by atoms with Crippen LogP contribution in [0.15, 0.2) is 12.4 Å². The van der Waals surface area contributed by atoms with Crippen LogP contribution < -0.4 is 0 Å². The molecular weight excluding hydrogens is 280 g/mol. The highest BCUT2D eigenvalue weighted by Gasteiger charge is 2.40. The van der Waals surface area contributed by atoms with Gasteiger partial charge in [-0.25, -0.2) is 9.97 Å². The molecule has 0 saturated heterocycles. The number of esters is 1. The highest BCUT2D eigenvalue weighted by molar-refractivity contribution is 6.30. The van der Waals surface area contributed by atoms with Crippen molar-refractivity contribution in [3.8, 4) is 0 Å². The molecule has 1 unspecified atom stereocenters. The molecule has 1 aliphatic carbocycles. The normalized spacial score (nSPS) is 25.8. The molecule has 1 atom stereocenters. The van der Waals surface area contributed by atoms with E-state index in [2.05, 4.69) is 9.97 Å². The fourth-order valence-electron chi connectivity index (χ4n) is 2.81. The predicted octanol–water partition coefficient (Wildman–Crippen LogP) is 2.32. The molecule has 5 nitrogen and oxygen atoms in total. The summed E-state index contributed by atoms with van der Waals surface area (Å²) in [7, 11) is 1.41. The number of ether oxygens (including phenoxy) is 1. The van der Waals surface area contributed by atoms with Gasteiger partial charge in [0.1, 0.15) is 5.60 Å². The van der Waals surface area contributed by atoms with E-state index in [0.29, 0.717) is 10.8 Å². The van der Waals surface area contributed by atoms with Gasteiger partial charge in [0.2, 0.25) is 0 Å². The number of methoxy groups -OCH3 is 1. The lowest BCUT2D eigenvalue weighted by Crippen LogP contribution is -2.37. The number of carbonyl (C=O) groups excluding carboxylic acids is 1. The Morgan fingerprint density at radius 3 is 2.40 bits per heavy atom. The fraction of sp³-hybridized carbons (Fsp3) is 0.643. The molecule has 1 N–H and O–H groups in total. The van der Waals surface area contributed by atoms with Crippen molar-refractivity contribution < 1.29 is 14.6 Å². The molecule has 0 bridgehead atoms. The van der Waals surface area contributed by atoms with Crippen LogP contribution in [0.4, 0.5) is 0 Å². The molecule has 1 heterocycles. The quantitative estimate of drug-likeness (QED) is 0.867. The van der Waals surface area contributed by atoms with Crippen molar-refractivity contribution in [1.82, 2.24) is 9.97 Å². The summed E-state index contributed by atoms with van der Waals surface area (Å²) in [5.41, 5.74) is -1.11. The molecule has 1 fully saturated rings. The Bertz CT molecular complexity index is 468. The van der Waals surface area contributed by atoms with Gasteiger partial charge in [-0.3, -0.25) is 4.79 Å². The van der Waals surface area contributed by atoms with E-state index in [1.807, 2.05) is 0 Å². The molecule has 2 rings (SSSR count). The minimum Gasteiger partial charge on any atom is -0.469 e. The zero-order valence-corrected chi connectivity index (χ0v) is 12.4. The van der Waals surface area contributed by atoms with E-state index in [1.54, 1.807) is 6.92 Å². The van der Waals surface area contributed by atoms with E-state index in [-0.39, 0.29) is 17.8 Å². The third-order valence-corrected chi connectivity index (χ3v) is 4.32. The van der Waals surface area contributed by atoms with Crippen LogP contribution in [0.25, 0.3) is 0 Å². The third-order valence-electron chi connectivity index (χ3n) is 4.13. The number of halogens is 1. The van der Waals surface area contributed by atoms with Crippen LogP contribution in [-0.2, 0) is 15.1 Å². The maximum absolute atomic E-state index is 11.5. The second kappa shape index (κ2) is 6.06. The second-order valence-electron chi connectivity index (χ2n) is 5.44. The first kappa shape index (κ1) is 15.2. The Balaban J connectivity index is 2.05. The number of aliphatic hydroxyl groups is 1. The van der Waals surface area contributed by atoms with Gasteiger partial charge < -0.3 is 9.84 Å². The monoisotopic (exact) mass is 298 g/mol. The van der Waals surface area contributed by atoms with E-state index in [9.17, 15) is 9.90 Å². The Morgan fingerprint density at radius 2 is 1.90 bits per heavy atom. The van der Waals surface area contributed by atoms with Crippen molar-refractivity contribution in [2.24, 2.45) is 11.8 Å². The largest absolute Gasteiger partial charge is 0.469 e. The van der Waals surface area contributed by atoms with Gasteiger partial charge in [0.15, 0.2) is 5.82 Å². The molecule has 0 spiro atoms. The van der Waals surface area contributed by atoms with Gasteiger partial charge in [-0.05, 0) is 38.5 Å². The lowest BCUT2D eigenvalue weighted by Gasteiger charge is -2.36. The number of carbonyl (C=O) groups is 1. The number of hydrogen-bond donors (Lipinski definition) is 1. The SMILES string of the molecule is COC(=O)C1CCC(C(C)(O)c2ncc(Cl)cn2)CC1. The number of hydrogen-bond acceptors (Lipinski definition) is 5. The lowest BCUT2D eigenvalue weighted by molar-refractivity contribution is -0.148. The Morgan fingerprint density at radius 1 is 1.35 bits per heavy atom. The average Bonchev–Trinajstić information content (AvgIpc) is 2.47. The van der Waals surface area contributed by atoms with Gasteiger partial charge >= 0.3 is 5.97 Å². The predicted molar refractivity (Wildman–Crippen MR) is 74.1 cm³/mol. The molecule has 20 heavy (non-hydrogen) atoms. The first-order valence-corrected chi connectivity index (χ1v) is 7.11. The number of rotatable bonds is 3. The van der Waals surface area contributed by atoms with Crippen LogP contribution in [0.3, 0.4) is 0 Å². The van der Waals surface area contributed by atoms with Crippen LogP contribution in [-0.4, -0.2) is 28.2 Å². The summed E-state index contributed by atoms with van der Waals surface area (Å²) < 4.78 is 4.77. The van der Waals surface area contributed by atoms with Gasteiger partial charge in [0.05, 0.1) is 18.1 Å². The van der Waals surface area contributed by atoms with Crippen molar-refractivity contribution in [2.75, 3.05) is 7.11 Å². The molecule has 1 aliphatic rings. The van der Waals surface area contributed by atoms with E-state index in [4.69, 9.17) is 16.3 Å². The standard InChI is InChI=1S/C14H19ClN2O3/c1-14(19,13-16-7-11(15)8-17-13)10-5-3-9(4-6-10)12(18)20-2/h7-10,19H,3-6H2,1-2H3. The maximum Gasteiger partial charge on any atom is 0.308 e. The van der Waals surface area contributed by atoms with Crippen LogP contribution in [0.1, 0.15) is 38.4 Å². The van der Waals surface area contributed by atoms with E-state index in [1.165, 1.54) is 19.5 Å². The summed E-state index contributed by atoms with van der Waals surface area (Å²) in [4.78, 5) is 19.7. The van der Waals surface area contributed by atoms with Crippen molar-refractivity contribution >= 4 is 17.6 Å². The zero-order chi connectivity index (χ0) is 14.8. The highest BCUT2D eigenvalue weighted by Crippen LogP contribution is 2.39. The molecule has 1 aromatic heterocycles. The van der Waals surface area contributed by atoms with Crippen LogP contribution in [0.5, 0.6) is 0 Å². The Labute approximate surface area is 123 Å². The highest BCUT2D eigenvalue weighted by atomic mass is 35.5. The summed E-state index contributed by atoms with van der Waals surface area (Å²) in [5.74, 6) is 0.192. The summed E-state index contributed by atoms with van der Waals surface area (Å²) in [6.45, 7) is 1.72. The molecule has 0 radical (unpaired) electrons. The van der Waals surface area contributed by atoms with Crippen LogP contribution in [0.2, 0.25) is 5.02 Å². The van der Waals surface area contributed by atoms with Crippen molar-refractivity contribution in [1.29, 1.82) is 0 Å². The number of nitrogens with zero attached hydrogens (tertiary/aromatic N) is 2. The summed E-state index contributed by atoms with van der Waals surface area (Å²) in [6.07, 6.45) is 5.91. The summed E-state index contributed by atoms with van der Waals surface area (Å²) in [6, 6.07) is 0. The molecule has 0 aromatic carbocycles. The van der Waals surface area contributed by atoms with E-state index in [0.717, 1.165) is 25.7 Å². The van der Waals surface area contributed by atoms with Crippen LogP contribution in [0, 0.1) is 11.8 Å². The second-order valence-corrected chi connectivity index (χ2v) is 5.88. The topological polar surface area (TPSA) is 72.3 Å². The van der Waals surface area contributed by atoms with Crippen LogP contribution >= 0.6 is 11.6 Å². The minimum absolute atomic E-state index is 0.0320. The molecule has 1 saturated carbocycles. The molecule has 1 aromatic rings. The Hall–Kier alpha value is -1.20. The average molecular weight is 299 g/mol. The zero-order valence-electron chi connectivity index (χ0n) is 11.7. The summed E-state index contributed by atoms with van der Waals surface area (Å²) >= 11 is 5.76. The number of aromatic nitrogens is 2. The molecule has 6 heteroatoms. The molecular formula is C14H19ClN2O3. The van der Waals surface area contributed by atoms with Gasteiger partial charge in [0, 0.05) is 12.4 Å². The van der Waals surface area contributed by atoms with Crippen molar-refractivity contribution in [2.45, 2.75) is 38.2 Å². The minimum atomic E-state index is -1.11. The summed E-state index contributed by atoms with van der Waals surface area (Å²) in [5, 5.41) is 11.1. The van der Waals surface area contributed by atoms with E-state index < -0.39 is 5.60 Å². The van der Waals surface area contributed by atoms with Gasteiger partial charge in [-0.1, -0.05) is 11.6 Å². The van der Waals surface area contributed by atoms with Gasteiger partial charge in [-0.15, -0.1) is 0 Å². The smallest absolute Gasteiger partial charge is 0.308 e. The lowest BCUT2D eigenvalue weighted by atomic mass is 9.74. The van der Waals surface area contributed by atoms with E-state index >= 15 is 0 Å².